The number of rotatable bonds is 2. The third kappa shape index (κ3) is 1.74. The van der Waals surface area contributed by atoms with E-state index in [2.05, 4.69) is 20.2 Å². The Morgan fingerprint density at radius 3 is 3.14 bits per heavy atom. The summed E-state index contributed by atoms with van der Waals surface area (Å²) in [5.41, 5.74) is 7.78. The molecule has 0 spiro atoms. The maximum Gasteiger partial charge on any atom is 0.240 e. The van der Waals surface area contributed by atoms with E-state index in [1.54, 1.807) is 12.4 Å². The molecule has 3 aromatic rings. The Morgan fingerprint density at radius 2 is 2.29 bits per heavy atom. The highest BCUT2D eigenvalue weighted by Gasteiger charge is 2.31. The van der Waals surface area contributed by atoms with Crippen LogP contribution in [0.25, 0.3) is 21.9 Å². The second kappa shape index (κ2) is 4.41. The third-order valence-corrected chi connectivity index (χ3v) is 3.85. The van der Waals surface area contributed by atoms with E-state index in [-0.39, 0.29) is 5.91 Å². The third-order valence-electron chi connectivity index (χ3n) is 3.85. The highest BCUT2D eigenvalue weighted by atomic mass is 16.1. The molecule has 0 aliphatic carbocycles. The first-order valence-electron chi connectivity index (χ1n) is 6.72. The van der Waals surface area contributed by atoms with Crippen molar-refractivity contribution in [3.63, 3.8) is 0 Å². The van der Waals surface area contributed by atoms with E-state index >= 15 is 0 Å². The lowest BCUT2D eigenvalue weighted by atomic mass is 10.1. The number of H-pyrrole nitrogens is 1. The first-order valence-corrected chi connectivity index (χ1v) is 6.72. The number of amides is 1. The minimum atomic E-state index is -0.403. The van der Waals surface area contributed by atoms with Gasteiger partial charge in [0.1, 0.15) is 11.6 Å². The van der Waals surface area contributed by atoms with Crippen molar-refractivity contribution in [1.29, 1.82) is 0 Å². The summed E-state index contributed by atoms with van der Waals surface area (Å²) >= 11 is 0. The molecule has 1 atom stereocenters. The summed E-state index contributed by atoms with van der Waals surface area (Å²) < 4.78 is 0. The van der Waals surface area contributed by atoms with Gasteiger partial charge in [-0.15, -0.1) is 10.2 Å². The van der Waals surface area contributed by atoms with Crippen LogP contribution < -0.4 is 10.6 Å². The predicted octanol–water partition coefficient (Wildman–Crippen LogP) is 0.774. The highest BCUT2D eigenvalue weighted by Crippen LogP contribution is 2.33. The summed E-state index contributed by atoms with van der Waals surface area (Å²) in [6.07, 6.45) is 8.01. The van der Waals surface area contributed by atoms with Gasteiger partial charge in [-0.25, -0.2) is 0 Å². The molecule has 0 bridgehead atoms. The SMILES string of the molecule is NC(=O)C1[CH]CCN1c1cncc2nnc3[nH]ccc3c12. The molecule has 1 fully saturated rings. The van der Waals surface area contributed by atoms with Crippen LogP contribution in [0.15, 0.2) is 24.7 Å². The van der Waals surface area contributed by atoms with Gasteiger partial charge in [-0.3, -0.25) is 9.78 Å². The van der Waals surface area contributed by atoms with Gasteiger partial charge in [-0.05, 0) is 18.9 Å². The normalized spacial score (nSPS) is 18.7. The van der Waals surface area contributed by atoms with Crippen molar-refractivity contribution < 1.29 is 4.79 Å². The fraction of sp³-hybridized carbons (Fsp3) is 0.214. The lowest BCUT2D eigenvalue weighted by molar-refractivity contribution is -0.118. The van der Waals surface area contributed by atoms with Crippen molar-refractivity contribution in [2.75, 3.05) is 11.4 Å². The lowest BCUT2D eigenvalue weighted by Crippen LogP contribution is -2.40. The Bertz CT molecular complexity index is 842. The number of carbonyl (C=O) groups is 1. The summed E-state index contributed by atoms with van der Waals surface area (Å²) in [4.78, 5) is 20.9. The number of carbonyl (C=O) groups excluding carboxylic acids is 1. The summed E-state index contributed by atoms with van der Waals surface area (Å²) in [5.74, 6) is -0.350. The quantitative estimate of drug-likeness (QED) is 0.722. The van der Waals surface area contributed by atoms with Gasteiger partial charge >= 0.3 is 0 Å². The predicted molar refractivity (Wildman–Crippen MR) is 78.4 cm³/mol. The Balaban J connectivity index is 2.00. The van der Waals surface area contributed by atoms with E-state index < -0.39 is 6.04 Å². The van der Waals surface area contributed by atoms with E-state index in [0.29, 0.717) is 11.2 Å². The van der Waals surface area contributed by atoms with E-state index in [0.717, 1.165) is 29.4 Å². The molecule has 0 saturated carbocycles. The molecule has 1 aliphatic heterocycles. The summed E-state index contributed by atoms with van der Waals surface area (Å²) in [5, 5.41) is 10.2. The molecule has 105 valence electrons. The molecular weight excluding hydrogens is 268 g/mol. The van der Waals surface area contributed by atoms with Crippen LogP contribution >= 0.6 is 0 Å². The molecule has 4 heterocycles. The molecule has 3 aromatic heterocycles. The summed E-state index contributed by atoms with van der Waals surface area (Å²) in [6, 6.07) is 1.55. The van der Waals surface area contributed by atoms with E-state index in [1.807, 2.05) is 23.6 Å². The number of hydrogen-bond acceptors (Lipinski definition) is 5. The zero-order valence-electron chi connectivity index (χ0n) is 11.2. The van der Waals surface area contributed by atoms with Crippen LogP contribution in [0.5, 0.6) is 0 Å². The minimum absolute atomic E-state index is 0.350. The number of anilines is 1. The summed E-state index contributed by atoms with van der Waals surface area (Å²) in [6.45, 7) is 0.739. The zero-order chi connectivity index (χ0) is 14.4. The van der Waals surface area contributed by atoms with Gasteiger partial charge in [0.2, 0.25) is 5.91 Å². The number of primary amides is 1. The first kappa shape index (κ1) is 12.1. The molecule has 1 amide bonds. The van der Waals surface area contributed by atoms with Gasteiger partial charge < -0.3 is 15.6 Å². The number of fused-ring (bicyclic) bond motifs is 3. The number of aromatic nitrogens is 4. The van der Waals surface area contributed by atoms with Crippen molar-refractivity contribution >= 4 is 33.5 Å². The van der Waals surface area contributed by atoms with Gasteiger partial charge in [0, 0.05) is 23.5 Å². The van der Waals surface area contributed by atoms with Crippen molar-refractivity contribution in [2.24, 2.45) is 5.73 Å². The van der Waals surface area contributed by atoms with Crippen LogP contribution in [-0.4, -0.2) is 38.7 Å². The lowest BCUT2D eigenvalue weighted by Gasteiger charge is -2.25. The zero-order valence-corrected chi connectivity index (χ0v) is 11.2. The molecule has 4 rings (SSSR count). The van der Waals surface area contributed by atoms with Gasteiger partial charge in [-0.2, -0.15) is 0 Å². The topological polar surface area (TPSA) is 101 Å². The smallest absolute Gasteiger partial charge is 0.240 e. The highest BCUT2D eigenvalue weighted by molar-refractivity contribution is 6.10. The van der Waals surface area contributed by atoms with Gasteiger partial charge in [0.05, 0.1) is 18.1 Å². The standard InChI is InChI=1S/C14H13N6O/c15-13(21)10-2-1-5-20(10)11-7-16-6-9-12(11)8-3-4-17-14(8)19-18-9/h2-4,6-7,10H,1,5H2,(H2,15,21)(H,17,19). The minimum Gasteiger partial charge on any atom is -0.368 e. The molecule has 21 heavy (non-hydrogen) atoms. The number of nitrogens with two attached hydrogens (primary N) is 1. The molecule has 7 nitrogen and oxygen atoms in total. The molecular formula is C14H13N6O. The molecule has 1 saturated heterocycles. The van der Waals surface area contributed by atoms with Crippen molar-refractivity contribution in [3.8, 4) is 0 Å². The maximum absolute atomic E-state index is 11.6. The number of aromatic amines is 1. The number of pyridine rings is 1. The number of nitrogens with zero attached hydrogens (tertiary/aromatic N) is 4. The Kier molecular flexibility index (Phi) is 2.53. The van der Waals surface area contributed by atoms with Gasteiger partial charge in [0.15, 0.2) is 5.65 Å². The van der Waals surface area contributed by atoms with Crippen LogP contribution in [0.1, 0.15) is 6.42 Å². The summed E-state index contributed by atoms with van der Waals surface area (Å²) in [7, 11) is 0. The van der Waals surface area contributed by atoms with Crippen LogP contribution in [0.2, 0.25) is 0 Å². The molecule has 7 heteroatoms. The van der Waals surface area contributed by atoms with Gasteiger partial charge in [-0.1, -0.05) is 0 Å². The Labute approximate surface area is 120 Å². The van der Waals surface area contributed by atoms with Crippen molar-refractivity contribution in [2.45, 2.75) is 12.5 Å². The van der Waals surface area contributed by atoms with E-state index in [4.69, 9.17) is 5.73 Å². The largest absolute Gasteiger partial charge is 0.368 e. The molecule has 1 aliphatic rings. The van der Waals surface area contributed by atoms with Crippen LogP contribution in [0.3, 0.4) is 0 Å². The van der Waals surface area contributed by atoms with Crippen molar-refractivity contribution in [1.82, 2.24) is 20.2 Å². The number of nitrogens with one attached hydrogen (secondary N) is 1. The second-order valence-corrected chi connectivity index (χ2v) is 5.06. The van der Waals surface area contributed by atoms with Crippen LogP contribution in [0, 0.1) is 6.42 Å². The van der Waals surface area contributed by atoms with Crippen LogP contribution in [0.4, 0.5) is 5.69 Å². The fourth-order valence-electron chi connectivity index (χ4n) is 2.94. The molecule has 1 radical (unpaired) electrons. The maximum atomic E-state index is 11.6. The monoisotopic (exact) mass is 281 g/mol. The second-order valence-electron chi connectivity index (χ2n) is 5.06. The molecule has 3 N–H and O–H groups in total. The van der Waals surface area contributed by atoms with Gasteiger partial charge in [0.25, 0.3) is 0 Å². The molecule has 0 aromatic carbocycles. The average Bonchev–Trinajstić information content (AvgIpc) is 3.15. The Hall–Kier alpha value is -2.70. The van der Waals surface area contributed by atoms with Crippen molar-refractivity contribution in [3.05, 3.63) is 31.1 Å². The van der Waals surface area contributed by atoms with E-state index in [1.165, 1.54) is 0 Å². The number of hydrogen-bond donors (Lipinski definition) is 2. The molecule has 1 unspecified atom stereocenters. The van der Waals surface area contributed by atoms with E-state index in [9.17, 15) is 4.79 Å². The Morgan fingerprint density at radius 1 is 1.38 bits per heavy atom. The first-order chi connectivity index (χ1) is 10.3. The average molecular weight is 281 g/mol. The fourth-order valence-corrected chi connectivity index (χ4v) is 2.94. The van der Waals surface area contributed by atoms with Crippen LogP contribution in [-0.2, 0) is 4.79 Å².